The lowest BCUT2D eigenvalue weighted by Gasteiger charge is -2.33. The third-order valence-electron chi connectivity index (χ3n) is 6.02. The van der Waals surface area contributed by atoms with E-state index in [2.05, 4.69) is 32.6 Å². The molecule has 0 saturated carbocycles. The molecular formula is C25H25IN6O2. The number of nitrogen functional groups attached to an aromatic ring is 1. The standard InChI is InChI=1S/C25H25IN6O2/c1-16(26)25(33)31-13-5-6-18(14-31)32-24-21(23(27)28-15-29-24)22(30-32)17-9-11-20(12-10-17)34-19-7-3-2-4-8-19/h2-4,7-12,15-16,18H,5-6,13-14H2,1H3,(H2,27,28,29)/t16?,18-/m1/s1. The summed E-state index contributed by atoms with van der Waals surface area (Å²) in [5, 5.41) is 5.68. The number of carbonyl (C=O) groups excluding carboxylic acids is 1. The molecule has 0 spiro atoms. The highest BCUT2D eigenvalue weighted by molar-refractivity contribution is 14.1. The molecule has 1 amide bonds. The minimum absolute atomic E-state index is 0.0269. The monoisotopic (exact) mass is 568 g/mol. The zero-order chi connectivity index (χ0) is 23.7. The molecule has 174 valence electrons. The van der Waals surface area contributed by atoms with Gasteiger partial charge < -0.3 is 15.4 Å². The quantitative estimate of drug-likeness (QED) is 0.273. The minimum Gasteiger partial charge on any atom is -0.457 e. The predicted molar refractivity (Wildman–Crippen MR) is 140 cm³/mol. The van der Waals surface area contributed by atoms with Gasteiger partial charge in [-0.15, -0.1) is 0 Å². The summed E-state index contributed by atoms with van der Waals surface area (Å²) in [6.07, 6.45) is 3.31. The van der Waals surface area contributed by atoms with Crippen molar-refractivity contribution in [1.82, 2.24) is 24.6 Å². The fourth-order valence-corrected chi connectivity index (χ4v) is 4.76. The van der Waals surface area contributed by atoms with Crippen LogP contribution in [0.15, 0.2) is 60.9 Å². The van der Waals surface area contributed by atoms with Crippen molar-refractivity contribution in [3.05, 3.63) is 60.9 Å². The van der Waals surface area contributed by atoms with Crippen molar-refractivity contribution in [3.63, 3.8) is 0 Å². The Morgan fingerprint density at radius 1 is 1.12 bits per heavy atom. The second kappa shape index (κ2) is 9.57. The summed E-state index contributed by atoms with van der Waals surface area (Å²) in [7, 11) is 0. The molecule has 9 heteroatoms. The van der Waals surface area contributed by atoms with Crippen LogP contribution in [0, 0.1) is 0 Å². The second-order valence-corrected chi connectivity index (χ2v) is 10.3. The number of aromatic nitrogens is 4. The van der Waals surface area contributed by atoms with Gasteiger partial charge in [-0.1, -0.05) is 40.8 Å². The van der Waals surface area contributed by atoms with Crippen molar-refractivity contribution in [1.29, 1.82) is 0 Å². The highest BCUT2D eigenvalue weighted by Crippen LogP contribution is 2.35. The molecule has 4 aromatic rings. The fourth-order valence-electron chi connectivity index (χ4n) is 4.36. The molecule has 3 heterocycles. The topological polar surface area (TPSA) is 99.2 Å². The summed E-state index contributed by atoms with van der Waals surface area (Å²) in [6.45, 7) is 3.30. The third kappa shape index (κ3) is 4.44. The van der Waals surface area contributed by atoms with Gasteiger partial charge in [0, 0.05) is 18.7 Å². The lowest BCUT2D eigenvalue weighted by Crippen LogP contribution is -2.43. The molecule has 2 N–H and O–H groups in total. The molecule has 0 radical (unpaired) electrons. The number of fused-ring (bicyclic) bond motifs is 1. The first-order valence-electron chi connectivity index (χ1n) is 11.3. The molecule has 1 aliphatic heterocycles. The molecule has 5 rings (SSSR count). The Morgan fingerprint density at radius 2 is 1.85 bits per heavy atom. The van der Waals surface area contributed by atoms with Crippen molar-refractivity contribution < 1.29 is 9.53 Å². The molecule has 1 aliphatic rings. The maximum atomic E-state index is 12.6. The Morgan fingerprint density at radius 3 is 2.59 bits per heavy atom. The van der Waals surface area contributed by atoms with Crippen LogP contribution in [0.25, 0.3) is 22.3 Å². The van der Waals surface area contributed by atoms with Gasteiger partial charge in [-0.25, -0.2) is 14.6 Å². The van der Waals surface area contributed by atoms with E-state index in [-0.39, 0.29) is 15.9 Å². The van der Waals surface area contributed by atoms with Crippen LogP contribution in [-0.2, 0) is 4.79 Å². The van der Waals surface area contributed by atoms with Crippen LogP contribution >= 0.6 is 22.6 Å². The number of carbonyl (C=O) groups is 1. The molecule has 2 aromatic heterocycles. The van der Waals surface area contributed by atoms with E-state index in [1.54, 1.807) is 0 Å². The number of anilines is 1. The number of hydrogen-bond acceptors (Lipinski definition) is 6. The first-order chi connectivity index (χ1) is 16.5. The van der Waals surface area contributed by atoms with E-state index in [9.17, 15) is 4.79 Å². The summed E-state index contributed by atoms with van der Waals surface area (Å²) < 4.78 is 7.79. The highest BCUT2D eigenvalue weighted by Gasteiger charge is 2.29. The van der Waals surface area contributed by atoms with Crippen molar-refractivity contribution in [2.24, 2.45) is 0 Å². The SMILES string of the molecule is CC(I)C(=O)N1CCC[C@@H](n2nc(-c3ccc(Oc4ccccc4)cc3)c3c(N)ncnc32)C1. The molecular weight excluding hydrogens is 543 g/mol. The normalized spacial score (nSPS) is 17.0. The number of nitrogens with two attached hydrogens (primary N) is 1. The first kappa shape index (κ1) is 22.6. The lowest BCUT2D eigenvalue weighted by atomic mass is 10.1. The van der Waals surface area contributed by atoms with E-state index >= 15 is 0 Å². The number of likely N-dealkylation sites (tertiary alicyclic amines) is 1. The highest BCUT2D eigenvalue weighted by atomic mass is 127. The summed E-state index contributed by atoms with van der Waals surface area (Å²) in [4.78, 5) is 23.3. The third-order valence-corrected chi connectivity index (χ3v) is 6.55. The molecule has 0 bridgehead atoms. The van der Waals surface area contributed by atoms with Crippen LogP contribution in [0.5, 0.6) is 11.5 Å². The van der Waals surface area contributed by atoms with Crippen LogP contribution in [0.1, 0.15) is 25.8 Å². The Hall–Kier alpha value is -3.21. The molecule has 1 saturated heterocycles. The van der Waals surface area contributed by atoms with E-state index in [0.29, 0.717) is 18.0 Å². The summed E-state index contributed by atoms with van der Waals surface area (Å²) >= 11 is 2.17. The number of hydrogen-bond donors (Lipinski definition) is 1. The van der Waals surface area contributed by atoms with Gasteiger partial charge in [-0.3, -0.25) is 4.79 Å². The number of ether oxygens (including phenoxy) is 1. The molecule has 1 fully saturated rings. The molecule has 2 aromatic carbocycles. The zero-order valence-electron chi connectivity index (χ0n) is 18.8. The average Bonchev–Trinajstić information content (AvgIpc) is 3.26. The molecule has 0 aliphatic carbocycles. The number of para-hydroxylation sites is 1. The van der Waals surface area contributed by atoms with Crippen molar-refractivity contribution in [2.45, 2.75) is 29.7 Å². The van der Waals surface area contributed by atoms with E-state index in [0.717, 1.165) is 47.5 Å². The van der Waals surface area contributed by atoms with Gasteiger partial charge >= 0.3 is 0 Å². The van der Waals surface area contributed by atoms with Crippen molar-refractivity contribution in [2.75, 3.05) is 18.8 Å². The van der Waals surface area contributed by atoms with E-state index in [4.69, 9.17) is 15.6 Å². The van der Waals surface area contributed by atoms with Crippen molar-refractivity contribution in [3.8, 4) is 22.8 Å². The minimum atomic E-state index is -0.0594. The summed E-state index contributed by atoms with van der Waals surface area (Å²) in [6, 6.07) is 17.4. The van der Waals surface area contributed by atoms with Crippen LogP contribution in [0.2, 0.25) is 0 Å². The number of halogens is 1. The van der Waals surface area contributed by atoms with Gasteiger partial charge in [0.05, 0.1) is 15.4 Å². The van der Waals surface area contributed by atoms with Crippen molar-refractivity contribution >= 4 is 45.3 Å². The molecule has 1 unspecified atom stereocenters. The fraction of sp³-hybridized carbons (Fsp3) is 0.280. The van der Waals surface area contributed by atoms with Gasteiger partial charge in [-0.05, 0) is 56.2 Å². The first-order valence-corrected chi connectivity index (χ1v) is 12.5. The maximum Gasteiger partial charge on any atom is 0.235 e. The Labute approximate surface area is 211 Å². The Bertz CT molecular complexity index is 1310. The maximum absolute atomic E-state index is 12.6. The predicted octanol–water partition coefficient (Wildman–Crippen LogP) is 4.85. The van der Waals surface area contributed by atoms with E-state index in [1.165, 1.54) is 6.33 Å². The number of piperidine rings is 1. The molecule has 8 nitrogen and oxygen atoms in total. The second-order valence-electron chi connectivity index (χ2n) is 8.39. The summed E-state index contributed by atoms with van der Waals surface area (Å²) in [5.74, 6) is 2.06. The van der Waals surface area contributed by atoms with Crippen LogP contribution < -0.4 is 10.5 Å². The van der Waals surface area contributed by atoms with Gasteiger partial charge in [0.1, 0.15) is 29.3 Å². The van der Waals surface area contributed by atoms with Gasteiger partial charge in [0.2, 0.25) is 5.91 Å². The van der Waals surface area contributed by atoms with Gasteiger partial charge in [-0.2, -0.15) is 5.10 Å². The van der Waals surface area contributed by atoms with Gasteiger partial charge in [0.25, 0.3) is 0 Å². The van der Waals surface area contributed by atoms with E-state index in [1.807, 2.05) is 71.1 Å². The zero-order valence-corrected chi connectivity index (χ0v) is 20.9. The Balaban J connectivity index is 1.49. The van der Waals surface area contributed by atoms with Crippen LogP contribution in [-0.4, -0.2) is 47.6 Å². The Kier molecular flexibility index (Phi) is 6.36. The van der Waals surface area contributed by atoms with E-state index < -0.39 is 0 Å². The van der Waals surface area contributed by atoms with Gasteiger partial charge in [0.15, 0.2) is 5.65 Å². The number of alkyl halides is 1. The van der Waals surface area contributed by atoms with Crippen LogP contribution in [0.4, 0.5) is 5.82 Å². The number of rotatable bonds is 5. The smallest absolute Gasteiger partial charge is 0.235 e. The largest absolute Gasteiger partial charge is 0.457 e. The average molecular weight is 568 g/mol. The number of benzene rings is 2. The number of nitrogens with zero attached hydrogens (tertiary/aromatic N) is 5. The lowest BCUT2D eigenvalue weighted by molar-refractivity contribution is -0.131. The van der Waals surface area contributed by atoms with Crippen LogP contribution in [0.3, 0.4) is 0 Å². The summed E-state index contributed by atoms with van der Waals surface area (Å²) in [5.41, 5.74) is 8.60. The molecule has 2 atom stereocenters. The molecule has 34 heavy (non-hydrogen) atoms. The number of amides is 1.